The molecule has 0 fully saturated rings. The molecule has 2 rings (SSSR count). The average Bonchev–Trinajstić information content (AvgIpc) is 2.56. The molecule has 22 heavy (non-hydrogen) atoms. The first-order valence-electron chi connectivity index (χ1n) is 7.74. The predicted octanol–water partition coefficient (Wildman–Crippen LogP) is 5.25. The predicted molar refractivity (Wildman–Crippen MR) is 104 cm³/mol. The van der Waals surface area contributed by atoms with Crippen molar-refractivity contribution in [3.8, 4) is 34.1 Å². The maximum absolute atomic E-state index is 3.48. The van der Waals surface area contributed by atoms with Gasteiger partial charge >= 0.3 is 0 Å². The minimum absolute atomic E-state index is 1.12. The lowest BCUT2D eigenvalue weighted by Gasteiger charge is -2.03. The smallest absolute Gasteiger partial charge is 0.127 e. The fraction of sp³-hybridized carbons (Fsp3) is 0.300. The van der Waals surface area contributed by atoms with E-state index in [1.54, 1.807) is 0 Å². The quantitative estimate of drug-likeness (QED) is 0.459. The summed E-state index contributed by atoms with van der Waals surface area (Å²) in [6, 6.07) is 12.7. The number of hydrogen-bond acceptors (Lipinski definition) is 0. The molecule has 0 radical (unpaired) electrons. The fourth-order valence-corrected chi connectivity index (χ4v) is 3.05. The lowest BCUT2D eigenvalue weighted by atomic mass is 10.1. The van der Waals surface area contributed by atoms with Crippen LogP contribution in [0.15, 0.2) is 36.4 Å². The Balaban J connectivity index is 2.59. The normalized spacial score (nSPS) is 11.4. The summed E-state index contributed by atoms with van der Waals surface area (Å²) in [4.78, 5) is 0. The van der Waals surface area contributed by atoms with Crippen molar-refractivity contribution in [3.05, 3.63) is 47.5 Å². The minimum Gasteiger partial charge on any atom is -0.127 e. The highest BCUT2D eigenvalue weighted by atomic mass is 28.3. The van der Waals surface area contributed by atoms with Gasteiger partial charge in [-0.1, -0.05) is 81.5 Å². The molecule has 0 nitrogen and oxygen atoms in total. The maximum Gasteiger partial charge on any atom is 0.129 e. The highest BCUT2D eigenvalue weighted by molar-refractivity contribution is 6.84. The summed E-state index contributed by atoms with van der Waals surface area (Å²) in [6.45, 7) is 13.6. The maximum atomic E-state index is 3.48. The largest absolute Gasteiger partial charge is 0.129 e. The van der Waals surface area contributed by atoms with Crippen LogP contribution in [-0.4, -0.2) is 16.1 Å². The zero-order valence-corrected chi connectivity index (χ0v) is 16.5. The van der Waals surface area contributed by atoms with Crippen molar-refractivity contribution in [2.24, 2.45) is 0 Å². The van der Waals surface area contributed by atoms with E-state index in [4.69, 9.17) is 0 Å². The van der Waals surface area contributed by atoms with Crippen LogP contribution in [-0.2, 0) is 0 Å². The summed E-state index contributed by atoms with van der Waals surface area (Å²) < 4.78 is 0. The van der Waals surface area contributed by atoms with Crippen LogP contribution in [0.25, 0.3) is 11.1 Å². The lowest BCUT2D eigenvalue weighted by molar-refractivity contribution is 1.76. The monoisotopic (exact) mass is 320 g/mol. The number of rotatable bonds is 0. The second kappa shape index (κ2) is 6.17. The molecular formula is C20H24Si2. The third kappa shape index (κ3) is 4.63. The third-order valence-corrected chi connectivity index (χ3v) is 4.80. The van der Waals surface area contributed by atoms with Crippen molar-refractivity contribution in [2.75, 3.05) is 0 Å². The van der Waals surface area contributed by atoms with Crippen molar-refractivity contribution >= 4 is 16.1 Å². The Labute approximate surface area is 137 Å². The summed E-state index contributed by atoms with van der Waals surface area (Å²) in [5.74, 6) is 6.83. The molecule has 112 valence electrons. The molecule has 0 amide bonds. The van der Waals surface area contributed by atoms with E-state index in [0.717, 1.165) is 11.1 Å². The van der Waals surface area contributed by atoms with E-state index in [0.29, 0.717) is 0 Å². The van der Waals surface area contributed by atoms with Gasteiger partial charge < -0.3 is 0 Å². The molecule has 0 unspecified atom stereocenters. The van der Waals surface area contributed by atoms with E-state index in [9.17, 15) is 0 Å². The first-order chi connectivity index (χ1) is 10.2. The lowest BCUT2D eigenvalue weighted by Crippen LogP contribution is -2.16. The first-order valence-corrected chi connectivity index (χ1v) is 14.7. The molecule has 0 heterocycles. The second-order valence-electron chi connectivity index (χ2n) is 7.71. The SMILES string of the molecule is C[Si](C)(C)C#Cc1cc(C#C[Si](C)(C)C)c2cccccc1-2. The summed E-state index contributed by atoms with van der Waals surface area (Å²) in [5.41, 5.74) is 11.6. The van der Waals surface area contributed by atoms with Gasteiger partial charge in [-0.15, -0.1) is 11.1 Å². The zero-order valence-electron chi connectivity index (χ0n) is 14.5. The zero-order chi connectivity index (χ0) is 16.4. The topological polar surface area (TPSA) is 0 Å². The van der Waals surface area contributed by atoms with Crippen LogP contribution in [0.5, 0.6) is 0 Å². The van der Waals surface area contributed by atoms with Crippen LogP contribution in [0.4, 0.5) is 0 Å². The summed E-state index contributed by atoms with van der Waals surface area (Å²) in [6.07, 6.45) is 0. The van der Waals surface area contributed by atoms with E-state index in [1.807, 2.05) is 0 Å². The van der Waals surface area contributed by atoms with Gasteiger partial charge in [-0.05, 0) is 17.2 Å². The van der Waals surface area contributed by atoms with Gasteiger partial charge in [0, 0.05) is 11.1 Å². The molecule has 0 aliphatic heterocycles. The Morgan fingerprint density at radius 2 is 1.05 bits per heavy atom. The molecule has 0 saturated carbocycles. The van der Waals surface area contributed by atoms with Gasteiger partial charge in [0.25, 0.3) is 0 Å². The van der Waals surface area contributed by atoms with Gasteiger partial charge in [-0.2, -0.15) is 0 Å². The summed E-state index contributed by atoms with van der Waals surface area (Å²) >= 11 is 0. The summed E-state index contributed by atoms with van der Waals surface area (Å²) in [5, 5.41) is 0. The molecule has 2 aliphatic carbocycles. The van der Waals surface area contributed by atoms with Gasteiger partial charge in [0.05, 0.1) is 0 Å². The van der Waals surface area contributed by atoms with E-state index in [1.165, 1.54) is 11.1 Å². The van der Waals surface area contributed by atoms with Crippen LogP contribution < -0.4 is 0 Å². The molecular weight excluding hydrogens is 296 g/mol. The van der Waals surface area contributed by atoms with Crippen LogP contribution in [0.1, 0.15) is 11.1 Å². The number of hydrogen-bond donors (Lipinski definition) is 0. The average molecular weight is 321 g/mol. The molecule has 0 saturated heterocycles. The molecule has 2 aliphatic rings. The van der Waals surface area contributed by atoms with Gasteiger partial charge in [0.15, 0.2) is 0 Å². The van der Waals surface area contributed by atoms with E-state index >= 15 is 0 Å². The highest BCUT2D eigenvalue weighted by Gasteiger charge is 2.14. The molecule has 0 bridgehead atoms. The van der Waals surface area contributed by atoms with Crippen LogP contribution in [0, 0.1) is 22.9 Å². The molecule has 0 atom stereocenters. The van der Waals surface area contributed by atoms with E-state index in [2.05, 4.69) is 98.6 Å². The highest BCUT2D eigenvalue weighted by Crippen LogP contribution is 2.31. The minimum atomic E-state index is -1.38. The Morgan fingerprint density at radius 1 is 0.636 bits per heavy atom. The molecule has 0 spiro atoms. The van der Waals surface area contributed by atoms with Crippen molar-refractivity contribution in [1.82, 2.24) is 0 Å². The van der Waals surface area contributed by atoms with Crippen LogP contribution in [0.3, 0.4) is 0 Å². The second-order valence-corrected chi connectivity index (χ2v) is 17.2. The number of fused-ring (bicyclic) bond motifs is 1. The van der Waals surface area contributed by atoms with Crippen molar-refractivity contribution in [1.29, 1.82) is 0 Å². The van der Waals surface area contributed by atoms with Gasteiger partial charge in [0.1, 0.15) is 16.1 Å². The van der Waals surface area contributed by atoms with Crippen molar-refractivity contribution in [3.63, 3.8) is 0 Å². The van der Waals surface area contributed by atoms with Crippen molar-refractivity contribution < 1.29 is 0 Å². The Hall–Kier alpha value is -1.75. The van der Waals surface area contributed by atoms with E-state index < -0.39 is 16.1 Å². The third-order valence-electron chi connectivity index (χ3n) is 3.05. The van der Waals surface area contributed by atoms with Gasteiger partial charge in [-0.25, -0.2) is 0 Å². The van der Waals surface area contributed by atoms with Crippen LogP contribution in [0.2, 0.25) is 39.3 Å². The molecule has 0 N–H and O–H groups in total. The van der Waals surface area contributed by atoms with Crippen LogP contribution >= 0.6 is 0 Å². The van der Waals surface area contributed by atoms with E-state index in [-0.39, 0.29) is 0 Å². The molecule has 0 aromatic rings. The summed E-state index contributed by atoms with van der Waals surface area (Å²) in [7, 11) is -2.75. The molecule has 2 heteroatoms. The Kier molecular flexibility index (Phi) is 4.66. The molecule has 0 aromatic heterocycles. The standard InChI is InChI=1S/C20H24Si2/c1-21(2,3)14-12-17-16-18(13-15-22(4,5)6)20-11-9-7-8-10-19(17)20/h7-11,16H,1-6H3. The Bertz CT molecular complexity index is 702. The first kappa shape index (κ1) is 16.6. The fourth-order valence-electron chi connectivity index (χ4n) is 2.03. The van der Waals surface area contributed by atoms with Gasteiger partial charge in [0.2, 0.25) is 0 Å². The Morgan fingerprint density at radius 3 is 1.41 bits per heavy atom. The van der Waals surface area contributed by atoms with Gasteiger partial charge in [-0.3, -0.25) is 0 Å². The van der Waals surface area contributed by atoms with Crippen molar-refractivity contribution in [2.45, 2.75) is 39.3 Å². The molecule has 0 aromatic carbocycles.